The van der Waals surface area contributed by atoms with Crippen LogP contribution in [0, 0.1) is 11.3 Å². The average Bonchev–Trinajstić information content (AvgIpc) is 2.11. The second kappa shape index (κ2) is 3.46. The number of nitrogens with zero attached hydrogens (tertiary/aromatic N) is 1. The molecule has 0 saturated carbocycles. The fraction of sp³-hybridized carbons (Fsp3) is 0.900. The van der Waals surface area contributed by atoms with Gasteiger partial charge in [-0.2, -0.15) is 0 Å². The third kappa shape index (κ3) is 2.50. The van der Waals surface area contributed by atoms with E-state index in [0.29, 0.717) is 5.41 Å². The van der Waals surface area contributed by atoms with Gasteiger partial charge in [-0.05, 0) is 24.2 Å². The van der Waals surface area contributed by atoms with Gasteiger partial charge in [-0.25, -0.2) is 0 Å². The van der Waals surface area contributed by atoms with E-state index in [2.05, 4.69) is 25.8 Å². The monoisotopic (exact) mass is 168 g/mol. The Hall–Kier alpha value is -0.530. The van der Waals surface area contributed by atoms with Gasteiger partial charge >= 0.3 is 0 Å². The maximum atomic E-state index is 5.69. The first kappa shape index (κ1) is 9.56. The second-order valence-corrected chi connectivity index (χ2v) is 4.76. The molecule has 0 spiro atoms. The molecule has 2 heteroatoms. The van der Waals surface area contributed by atoms with Gasteiger partial charge in [-0.1, -0.05) is 20.8 Å². The minimum atomic E-state index is 0.417. The molecule has 0 amide bonds. The molecule has 0 aliphatic carbocycles. The molecule has 1 unspecified atom stereocenters. The van der Waals surface area contributed by atoms with Crippen molar-refractivity contribution in [3.63, 3.8) is 0 Å². The third-order valence-electron chi connectivity index (χ3n) is 2.77. The van der Waals surface area contributed by atoms with Gasteiger partial charge < -0.3 is 5.73 Å². The zero-order chi connectivity index (χ0) is 9.19. The molecule has 70 valence electrons. The van der Waals surface area contributed by atoms with Gasteiger partial charge in [0.1, 0.15) is 0 Å². The standard InChI is InChI=1S/C10H20N2/c1-10(2,3)8-4-5-9(11)12-7-6-8/h8H,4-7H2,1-3H3,(H2,11,12). The summed E-state index contributed by atoms with van der Waals surface area (Å²) in [6.45, 7) is 7.84. The number of rotatable bonds is 0. The van der Waals surface area contributed by atoms with Crippen molar-refractivity contribution in [1.29, 1.82) is 0 Å². The van der Waals surface area contributed by atoms with Crippen LogP contribution in [-0.2, 0) is 0 Å². The van der Waals surface area contributed by atoms with Crippen LogP contribution in [0.1, 0.15) is 40.0 Å². The summed E-state index contributed by atoms with van der Waals surface area (Å²) in [4.78, 5) is 4.28. The highest BCUT2D eigenvalue weighted by Gasteiger charge is 2.25. The van der Waals surface area contributed by atoms with E-state index in [1.807, 2.05) is 0 Å². The van der Waals surface area contributed by atoms with Crippen molar-refractivity contribution in [3.8, 4) is 0 Å². The van der Waals surface area contributed by atoms with Gasteiger partial charge in [0.25, 0.3) is 0 Å². The van der Waals surface area contributed by atoms with Crippen molar-refractivity contribution in [2.45, 2.75) is 40.0 Å². The summed E-state index contributed by atoms with van der Waals surface area (Å²) >= 11 is 0. The quantitative estimate of drug-likeness (QED) is 0.591. The molecule has 2 nitrogen and oxygen atoms in total. The highest BCUT2D eigenvalue weighted by atomic mass is 14.9. The van der Waals surface area contributed by atoms with Gasteiger partial charge in [0, 0.05) is 13.0 Å². The zero-order valence-corrected chi connectivity index (χ0v) is 8.43. The molecular weight excluding hydrogens is 148 g/mol. The molecule has 12 heavy (non-hydrogen) atoms. The average molecular weight is 168 g/mol. The minimum absolute atomic E-state index is 0.417. The minimum Gasteiger partial charge on any atom is -0.387 e. The topological polar surface area (TPSA) is 38.4 Å². The molecule has 0 saturated heterocycles. The lowest BCUT2D eigenvalue weighted by molar-refractivity contribution is 0.221. The van der Waals surface area contributed by atoms with Crippen molar-refractivity contribution in [3.05, 3.63) is 0 Å². The van der Waals surface area contributed by atoms with Crippen molar-refractivity contribution < 1.29 is 0 Å². The molecule has 0 bridgehead atoms. The largest absolute Gasteiger partial charge is 0.387 e. The van der Waals surface area contributed by atoms with Gasteiger partial charge in [0.2, 0.25) is 0 Å². The molecule has 1 atom stereocenters. The molecule has 0 aromatic carbocycles. The van der Waals surface area contributed by atoms with E-state index in [9.17, 15) is 0 Å². The Morgan fingerprint density at radius 2 is 2.00 bits per heavy atom. The van der Waals surface area contributed by atoms with Crippen LogP contribution in [0.5, 0.6) is 0 Å². The summed E-state index contributed by atoms with van der Waals surface area (Å²) in [5, 5.41) is 0. The molecule has 0 fully saturated rings. The lowest BCUT2D eigenvalue weighted by atomic mass is 9.76. The Bertz CT molecular complexity index is 177. The molecule has 0 aromatic heterocycles. The Morgan fingerprint density at radius 1 is 1.33 bits per heavy atom. The number of nitrogens with two attached hydrogens (primary N) is 1. The second-order valence-electron chi connectivity index (χ2n) is 4.76. The van der Waals surface area contributed by atoms with E-state index in [-0.39, 0.29) is 0 Å². The van der Waals surface area contributed by atoms with E-state index in [1.165, 1.54) is 12.8 Å². The van der Waals surface area contributed by atoms with E-state index in [4.69, 9.17) is 5.73 Å². The number of hydrogen-bond acceptors (Lipinski definition) is 2. The van der Waals surface area contributed by atoms with E-state index < -0.39 is 0 Å². The van der Waals surface area contributed by atoms with Crippen LogP contribution in [0.15, 0.2) is 4.99 Å². The first-order chi connectivity index (χ1) is 5.50. The number of amidine groups is 1. The van der Waals surface area contributed by atoms with Gasteiger partial charge in [-0.15, -0.1) is 0 Å². The lowest BCUT2D eigenvalue weighted by Crippen LogP contribution is -2.21. The van der Waals surface area contributed by atoms with Crippen LogP contribution in [0.3, 0.4) is 0 Å². The van der Waals surface area contributed by atoms with Gasteiger partial charge in [-0.3, -0.25) is 4.99 Å². The van der Waals surface area contributed by atoms with Crippen LogP contribution < -0.4 is 5.73 Å². The van der Waals surface area contributed by atoms with Crippen molar-refractivity contribution in [1.82, 2.24) is 0 Å². The molecule has 2 N–H and O–H groups in total. The summed E-state index contributed by atoms with van der Waals surface area (Å²) in [5.74, 6) is 1.63. The fourth-order valence-electron chi connectivity index (χ4n) is 1.78. The highest BCUT2D eigenvalue weighted by molar-refractivity contribution is 5.80. The lowest BCUT2D eigenvalue weighted by Gasteiger charge is -2.29. The van der Waals surface area contributed by atoms with Crippen molar-refractivity contribution in [2.24, 2.45) is 22.1 Å². The fourth-order valence-corrected chi connectivity index (χ4v) is 1.78. The number of hydrogen-bond donors (Lipinski definition) is 1. The van der Waals surface area contributed by atoms with E-state index in [1.54, 1.807) is 0 Å². The zero-order valence-electron chi connectivity index (χ0n) is 8.43. The molecule has 1 rings (SSSR count). The van der Waals surface area contributed by atoms with Crippen LogP contribution in [0.4, 0.5) is 0 Å². The Balaban J connectivity index is 2.52. The van der Waals surface area contributed by atoms with Crippen molar-refractivity contribution >= 4 is 5.84 Å². The van der Waals surface area contributed by atoms with Gasteiger partial charge in [0.05, 0.1) is 5.84 Å². The molecule has 1 heterocycles. The van der Waals surface area contributed by atoms with Gasteiger partial charge in [0.15, 0.2) is 0 Å². The number of aliphatic imine (C=N–C) groups is 1. The van der Waals surface area contributed by atoms with Crippen LogP contribution in [-0.4, -0.2) is 12.4 Å². The molecule has 0 aromatic rings. The summed E-state index contributed by atoms with van der Waals surface area (Å²) < 4.78 is 0. The Labute approximate surface area is 75.3 Å². The van der Waals surface area contributed by atoms with Crippen LogP contribution in [0.2, 0.25) is 0 Å². The van der Waals surface area contributed by atoms with E-state index >= 15 is 0 Å². The maximum Gasteiger partial charge on any atom is 0.0937 e. The Morgan fingerprint density at radius 3 is 2.58 bits per heavy atom. The SMILES string of the molecule is CC(C)(C)C1CCN=C(N)CC1. The van der Waals surface area contributed by atoms with E-state index in [0.717, 1.165) is 24.7 Å². The molecular formula is C10H20N2. The Kier molecular flexibility index (Phi) is 2.76. The highest BCUT2D eigenvalue weighted by Crippen LogP contribution is 2.33. The summed E-state index contributed by atoms with van der Waals surface area (Å²) in [6.07, 6.45) is 3.39. The smallest absolute Gasteiger partial charge is 0.0937 e. The third-order valence-corrected chi connectivity index (χ3v) is 2.77. The molecule has 1 aliphatic heterocycles. The molecule has 0 radical (unpaired) electrons. The first-order valence-corrected chi connectivity index (χ1v) is 4.79. The normalized spacial score (nSPS) is 26.2. The van der Waals surface area contributed by atoms with Crippen molar-refractivity contribution in [2.75, 3.05) is 6.54 Å². The summed E-state index contributed by atoms with van der Waals surface area (Å²) in [6, 6.07) is 0. The van der Waals surface area contributed by atoms with Crippen LogP contribution in [0.25, 0.3) is 0 Å². The van der Waals surface area contributed by atoms with Crippen LogP contribution >= 0.6 is 0 Å². The molecule has 1 aliphatic rings. The maximum absolute atomic E-state index is 5.69. The summed E-state index contributed by atoms with van der Waals surface area (Å²) in [7, 11) is 0. The first-order valence-electron chi connectivity index (χ1n) is 4.79. The summed E-state index contributed by atoms with van der Waals surface area (Å²) in [5.41, 5.74) is 6.11. The predicted octanol–water partition coefficient (Wildman–Crippen LogP) is 2.19. The predicted molar refractivity (Wildman–Crippen MR) is 53.3 cm³/mol.